The summed E-state index contributed by atoms with van der Waals surface area (Å²) in [6, 6.07) is 8.41. The van der Waals surface area contributed by atoms with Crippen molar-refractivity contribution in [3.05, 3.63) is 29.8 Å². The first-order valence-electron chi connectivity index (χ1n) is 10.2. The fourth-order valence-electron chi connectivity index (χ4n) is 3.20. The van der Waals surface area contributed by atoms with E-state index >= 15 is 0 Å². The van der Waals surface area contributed by atoms with Crippen molar-refractivity contribution in [3.8, 4) is 5.75 Å². The van der Waals surface area contributed by atoms with E-state index in [2.05, 4.69) is 45.0 Å². The molecule has 142 valence electrons. The predicted octanol–water partition coefficient (Wildman–Crippen LogP) is 6.07. The van der Waals surface area contributed by atoms with Crippen LogP contribution in [-0.2, 0) is 9.47 Å². The highest BCUT2D eigenvalue weighted by atomic mass is 16.7. The van der Waals surface area contributed by atoms with Crippen molar-refractivity contribution in [3.63, 3.8) is 0 Å². The quantitative estimate of drug-likeness (QED) is 0.454. The number of benzene rings is 1. The van der Waals surface area contributed by atoms with Crippen molar-refractivity contribution in [1.82, 2.24) is 0 Å². The number of unbranched alkanes of at least 4 members (excludes halogenated alkanes) is 5. The molecule has 0 amide bonds. The molecular formula is C22H36O3. The summed E-state index contributed by atoms with van der Waals surface area (Å²) in [6.07, 6.45) is 9.65. The molecule has 3 heteroatoms. The lowest BCUT2D eigenvalue weighted by Crippen LogP contribution is -2.40. The highest BCUT2D eigenvalue weighted by molar-refractivity contribution is 5.29. The summed E-state index contributed by atoms with van der Waals surface area (Å²) in [5.41, 5.74) is 1.27. The van der Waals surface area contributed by atoms with Gasteiger partial charge in [-0.05, 0) is 37.5 Å². The van der Waals surface area contributed by atoms with Crippen LogP contribution in [0.3, 0.4) is 0 Å². The van der Waals surface area contributed by atoms with Gasteiger partial charge in [0, 0.05) is 12.3 Å². The van der Waals surface area contributed by atoms with Crippen molar-refractivity contribution >= 4 is 0 Å². The second kappa shape index (κ2) is 10.8. The monoisotopic (exact) mass is 348 g/mol. The summed E-state index contributed by atoms with van der Waals surface area (Å²) >= 11 is 0. The molecule has 0 spiro atoms. The molecule has 1 fully saturated rings. The van der Waals surface area contributed by atoms with Crippen LogP contribution in [0.4, 0.5) is 0 Å². The first-order valence-corrected chi connectivity index (χ1v) is 10.2. The Kier molecular flexibility index (Phi) is 8.77. The summed E-state index contributed by atoms with van der Waals surface area (Å²) in [7, 11) is 0. The molecule has 0 atom stereocenters. The van der Waals surface area contributed by atoms with Crippen LogP contribution < -0.4 is 4.74 Å². The van der Waals surface area contributed by atoms with E-state index in [1.54, 1.807) is 0 Å². The zero-order valence-electron chi connectivity index (χ0n) is 16.4. The zero-order valence-corrected chi connectivity index (χ0v) is 16.4. The van der Waals surface area contributed by atoms with E-state index in [1.807, 2.05) is 0 Å². The maximum Gasteiger partial charge on any atom is 0.165 e. The Labute approximate surface area is 154 Å². The predicted molar refractivity (Wildman–Crippen MR) is 103 cm³/mol. The molecule has 0 bridgehead atoms. The van der Waals surface area contributed by atoms with E-state index < -0.39 is 5.79 Å². The smallest absolute Gasteiger partial charge is 0.165 e. The molecule has 1 aromatic rings. The molecule has 3 nitrogen and oxygen atoms in total. The molecule has 1 aliphatic rings. The summed E-state index contributed by atoms with van der Waals surface area (Å²) in [5.74, 6) is 0.871. The molecule has 0 aliphatic carbocycles. The summed E-state index contributed by atoms with van der Waals surface area (Å²) in [5, 5.41) is 0. The Balaban J connectivity index is 1.73. The van der Waals surface area contributed by atoms with E-state index in [1.165, 1.54) is 37.7 Å². The fraction of sp³-hybridized carbons (Fsp3) is 0.727. The average Bonchev–Trinajstić information content (AvgIpc) is 2.63. The molecule has 2 rings (SSSR count). The van der Waals surface area contributed by atoms with Gasteiger partial charge in [-0.25, -0.2) is 0 Å². The molecule has 1 aromatic carbocycles. The molecule has 0 aromatic heterocycles. The van der Waals surface area contributed by atoms with E-state index in [9.17, 15) is 0 Å². The minimum absolute atomic E-state index is 0.317. The van der Waals surface area contributed by atoms with Gasteiger partial charge < -0.3 is 14.2 Å². The van der Waals surface area contributed by atoms with Crippen LogP contribution in [0.15, 0.2) is 24.3 Å². The van der Waals surface area contributed by atoms with Crippen molar-refractivity contribution in [1.29, 1.82) is 0 Å². The topological polar surface area (TPSA) is 27.7 Å². The molecule has 1 aliphatic heterocycles. The lowest BCUT2D eigenvalue weighted by atomic mass is 9.98. The Morgan fingerprint density at radius 3 is 2.20 bits per heavy atom. The molecule has 25 heavy (non-hydrogen) atoms. The second-order valence-corrected chi connectivity index (χ2v) is 7.39. The number of ether oxygens (including phenoxy) is 3. The van der Waals surface area contributed by atoms with E-state index in [0.29, 0.717) is 5.92 Å². The summed E-state index contributed by atoms with van der Waals surface area (Å²) < 4.78 is 17.9. The molecule has 1 heterocycles. The number of rotatable bonds is 11. The molecule has 0 N–H and O–H groups in total. The Morgan fingerprint density at radius 1 is 0.920 bits per heavy atom. The van der Waals surface area contributed by atoms with Crippen molar-refractivity contribution in [2.45, 2.75) is 83.8 Å². The van der Waals surface area contributed by atoms with Crippen LogP contribution in [-0.4, -0.2) is 25.6 Å². The van der Waals surface area contributed by atoms with Crippen LogP contribution >= 0.6 is 0 Å². The van der Waals surface area contributed by atoms with E-state index in [-0.39, 0.29) is 0 Å². The minimum Gasteiger partial charge on any atom is -0.494 e. The van der Waals surface area contributed by atoms with Crippen molar-refractivity contribution in [2.24, 2.45) is 0 Å². The number of hydrogen-bond donors (Lipinski definition) is 0. The van der Waals surface area contributed by atoms with Crippen molar-refractivity contribution < 1.29 is 14.2 Å². The van der Waals surface area contributed by atoms with Gasteiger partial charge in [0.1, 0.15) is 5.75 Å². The van der Waals surface area contributed by atoms with Gasteiger partial charge in [-0.15, -0.1) is 0 Å². The maximum absolute atomic E-state index is 6.10. The number of hydrogen-bond acceptors (Lipinski definition) is 3. The first-order chi connectivity index (χ1) is 12.2. The van der Waals surface area contributed by atoms with Crippen LogP contribution in [0.1, 0.15) is 83.6 Å². The molecule has 0 saturated carbocycles. The third-order valence-electron chi connectivity index (χ3n) is 5.03. The van der Waals surface area contributed by atoms with Gasteiger partial charge >= 0.3 is 0 Å². The van der Waals surface area contributed by atoms with Gasteiger partial charge in [0.2, 0.25) is 0 Å². The normalized spacial score (nSPS) is 23.6. The molecule has 0 radical (unpaired) electrons. The first kappa shape index (κ1) is 20.3. The van der Waals surface area contributed by atoms with Gasteiger partial charge in [0.15, 0.2) is 5.79 Å². The zero-order chi connectivity index (χ0) is 18.0. The third-order valence-corrected chi connectivity index (χ3v) is 5.03. The van der Waals surface area contributed by atoms with Gasteiger partial charge in [-0.2, -0.15) is 0 Å². The maximum atomic E-state index is 6.10. The Morgan fingerprint density at radius 2 is 1.56 bits per heavy atom. The van der Waals surface area contributed by atoms with Crippen LogP contribution in [0.5, 0.6) is 5.75 Å². The van der Waals surface area contributed by atoms with Gasteiger partial charge in [0.05, 0.1) is 19.8 Å². The van der Waals surface area contributed by atoms with Crippen LogP contribution in [0, 0.1) is 0 Å². The van der Waals surface area contributed by atoms with Crippen LogP contribution in [0.25, 0.3) is 0 Å². The second-order valence-electron chi connectivity index (χ2n) is 7.39. The largest absolute Gasteiger partial charge is 0.494 e. The van der Waals surface area contributed by atoms with E-state index in [0.717, 1.165) is 44.8 Å². The Bertz CT molecular complexity index is 461. The fourth-order valence-corrected chi connectivity index (χ4v) is 3.20. The van der Waals surface area contributed by atoms with Crippen molar-refractivity contribution in [2.75, 3.05) is 19.8 Å². The summed E-state index contributed by atoms with van der Waals surface area (Å²) in [6.45, 7) is 8.78. The lowest BCUT2D eigenvalue weighted by molar-refractivity contribution is -0.266. The highest BCUT2D eigenvalue weighted by Crippen LogP contribution is 2.32. The SMILES string of the molecule is CCCCCCCC1(C)OCC(c2ccc(OCCCC)cc2)CO1. The molecule has 0 unspecified atom stereocenters. The van der Waals surface area contributed by atoms with Gasteiger partial charge in [0.25, 0.3) is 0 Å². The Hall–Kier alpha value is -1.06. The standard InChI is InChI=1S/C22H36O3/c1-4-6-8-9-10-15-22(3)24-17-20(18-25-22)19-11-13-21(14-12-19)23-16-7-5-2/h11-14,20H,4-10,15-18H2,1-3H3. The molecule has 1 saturated heterocycles. The van der Waals surface area contributed by atoms with Gasteiger partial charge in [-0.1, -0.05) is 58.1 Å². The van der Waals surface area contributed by atoms with Crippen LogP contribution in [0.2, 0.25) is 0 Å². The summed E-state index contributed by atoms with van der Waals surface area (Å²) in [4.78, 5) is 0. The molecular weight excluding hydrogens is 312 g/mol. The van der Waals surface area contributed by atoms with E-state index in [4.69, 9.17) is 14.2 Å². The third kappa shape index (κ3) is 6.99. The lowest BCUT2D eigenvalue weighted by Gasteiger charge is -2.38. The highest BCUT2D eigenvalue weighted by Gasteiger charge is 2.33. The van der Waals surface area contributed by atoms with Gasteiger partial charge in [-0.3, -0.25) is 0 Å². The minimum atomic E-state index is -0.397. The average molecular weight is 349 g/mol.